The molecule has 0 saturated heterocycles. The van der Waals surface area contributed by atoms with Gasteiger partial charge >= 0.3 is 0 Å². The van der Waals surface area contributed by atoms with Crippen molar-refractivity contribution in [3.8, 4) is 0 Å². The van der Waals surface area contributed by atoms with Crippen molar-refractivity contribution in [3.05, 3.63) is 7.11 Å². The Bertz CT molecular complexity index is 71.1. The SMILES string of the molecule is [CH2]OC(C)CC(C)(C)C. The van der Waals surface area contributed by atoms with Crippen LogP contribution in [-0.2, 0) is 4.74 Å². The Morgan fingerprint density at radius 3 is 2.00 bits per heavy atom. The molecular formula is C8H17O. The zero-order valence-corrected chi connectivity index (χ0v) is 6.90. The number of hydrogen-bond acceptors (Lipinski definition) is 1. The van der Waals surface area contributed by atoms with Crippen molar-refractivity contribution in [2.75, 3.05) is 0 Å². The van der Waals surface area contributed by atoms with Gasteiger partial charge in [-0.3, -0.25) is 0 Å². The predicted octanol–water partition coefficient (Wildman–Crippen LogP) is 2.62. The second-order valence-corrected chi connectivity index (χ2v) is 3.74. The molecule has 1 atom stereocenters. The van der Waals surface area contributed by atoms with Gasteiger partial charge in [0, 0.05) is 0 Å². The van der Waals surface area contributed by atoms with Crippen molar-refractivity contribution < 1.29 is 4.74 Å². The van der Waals surface area contributed by atoms with Crippen molar-refractivity contribution in [2.24, 2.45) is 5.41 Å². The van der Waals surface area contributed by atoms with Crippen LogP contribution in [0.25, 0.3) is 0 Å². The molecule has 0 rings (SSSR count). The molecule has 0 fully saturated rings. The molecule has 1 nitrogen and oxygen atoms in total. The van der Waals surface area contributed by atoms with E-state index in [-0.39, 0.29) is 6.10 Å². The van der Waals surface area contributed by atoms with Crippen LogP contribution in [0.5, 0.6) is 0 Å². The van der Waals surface area contributed by atoms with E-state index in [1.54, 1.807) is 0 Å². The summed E-state index contributed by atoms with van der Waals surface area (Å²) in [5, 5.41) is 0. The quantitative estimate of drug-likeness (QED) is 0.557. The molecule has 0 spiro atoms. The van der Waals surface area contributed by atoms with E-state index in [0.717, 1.165) is 6.42 Å². The molecule has 1 radical (unpaired) electrons. The van der Waals surface area contributed by atoms with E-state index in [0.29, 0.717) is 5.41 Å². The van der Waals surface area contributed by atoms with Gasteiger partial charge in [0.1, 0.15) is 0 Å². The van der Waals surface area contributed by atoms with Crippen molar-refractivity contribution in [3.63, 3.8) is 0 Å². The van der Waals surface area contributed by atoms with E-state index in [1.807, 2.05) is 6.92 Å². The molecule has 0 amide bonds. The molecule has 0 aliphatic heterocycles. The van der Waals surface area contributed by atoms with Crippen molar-refractivity contribution >= 4 is 0 Å². The summed E-state index contributed by atoms with van der Waals surface area (Å²) in [6, 6.07) is 0. The number of hydrogen-bond donors (Lipinski definition) is 0. The maximum Gasteiger partial charge on any atom is 0.0704 e. The molecule has 0 bridgehead atoms. The normalized spacial score (nSPS) is 15.7. The summed E-state index contributed by atoms with van der Waals surface area (Å²) in [6.07, 6.45) is 1.35. The van der Waals surface area contributed by atoms with Gasteiger partial charge in [-0.2, -0.15) is 0 Å². The zero-order valence-electron chi connectivity index (χ0n) is 6.90. The highest BCUT2D eigenvalue weighted by molar-refractivity contribution is 4.65. The molecular weight excluding hydrogens is 112 g/mol. The Kier molecular flexibility index (Phi) is 3.20. The van der Waals surface area contributed by atoms with Crippen molar-refractivity contribution in [2.45, 2.75) is 40.2 Å². The molecule has 0 saturated carbocycles. The van der Waals surface area contributed by atoms with Crippen LogP contribution < -0.4 is 0 Å². The molecule has 9 heavy (non-hydrogen) atoms. The van der Waals surface area contributed by atoms with E-state index >= 15 is 0 Å². The van der Waals surface area contributed by atoms with Crippen LogP contribution in [0.2, 0.25) is 0 Å². The molecule has 1 heteroatoms. The van der Waals surface area contributed by atoms with Crippen LogP contribution in [0.1, 0.15) is 34.1 Å². The largest absolute Gasteiger partial charge is 0.376 e. The lowest BCUT2D eigenvalue weighted by atomic mass is 9.90. The molecule has 1 unspecified atom stereocenters. The fraction of sp³-hybridized carbons (Fsp3) is 0.875. The van der Waals surface area contributed by atoms with E-state index in [4.69, 9.17) is 4.74 Å². The highest BCUT2D eigenvalue weighted by Crippen LogP contribution is 2.21. The van der Waals surface area contributed by atoms with E-state index in [2.05, 4.69) is 27.9 Å². The monoisotopic (exact) mass is 129 g/mol. The molecule has 0 aromatic carbocycles. The van der Waals surface area contributed by atoms with Crippen LogP contribution in [-0.4, -0.2) is 6.10 Å². The first-order valence-electron chi connectivity index (χ1n) is 3.36. The molecule has 0 aromatic rings. The zero-order chi connectivity index (χ0) is 7.49. The minimum absolute atomic E-state index is 0.282. The number of rotatable bonds is 2. The highest BCUT2D eigenvalue weighted by Gasteiger charge is 2.13. The average Bonchev–Trinajstić information content (AvgIpc) is 1.62. The second kappa shape index (κ2) is 3.21. The minimum atomic E-state index is 0.282. The van der Waals surface area contributed by atoms with Gasteiger partial charge in [0.15, 0.2) is 0 Å². The third-order valence-corrected chi connectivity index (χ3v) is 1.18. The summed E-state index contributed by atoms with van der Waals surface area (Å²) < 4.78 is 4.88. The van der Waals surface area contributed by atoms with E-state index < -0.39 is 0 Å². The average molecular weight is 129 g/mol. The maximum atomic E-state index is 4.88. The molecule has 55 valence electrons. The lowest BCUT2D eigenvalue weighted by Crippen LogP contribution is -2.15. The van der Waals surface area contributed by atoms with Crippen LogP contribution >= 0.6 is 0 Å². The Morgan fingerprint density at radius 2 is 1.89 bits per heavy atom. The summed E-state index contributed by atoms with van der Waals surface area (Å²) in [7, 11) is 3.37. The van der Waals surface area contributed by atoms with Crippen LogP contribution in [0.4, 0.5) is 0 Å². The second-order valence-electron chi connectivity index (χ2n) is 3.74. The lowest BCUT2D eigenvalue weighted by molar-refractivity contribution is 0.110. The van der Waals surface area contributed by atoms with Crippen molar-refractivity contribution in [1.82, 2.24) is 0 Å². The molecule has 0 heterocycles. The van der Waals surface area contributed by atoms with Gasteiger partial charge in [-0.05, 0) is 18.8 Å². The summed E-state index contributed by atoms with van der Waals surface area (Å²) >= 11 is 0. The van der Waals surface area contributed by atoms with Crippen molar-refractivity contribution in [1.29, 1.82) is 0 Å². The first kappa shape index (κ1) is 8.96. The molecule has 0 aliphatic carbocycles. The molecule has 0 N–H and O–H groups in total. The van der Waals surface area contributed by atoms with E-state index in [9.17, 15) is 0 Å². The summed E-state index contributed by atoms with van der Waals surface area (Å²) in [6.45, 7) is 8.63. The number of ether oxygens (including phenoxy) is 1. The first-order valence-corrected chi connectivity index (χ1v) is 3.36. The summed E-state index contributed by atoms with van der Waals surface area (Å²) in [4.78, 5) is 0. The van der Waals surface area contributed by atoms with Gasteiger partial charge in [-0.1, -0.05) is 20.8 Å². The summed E-state index contributed by atoms with van der Waals surface area (Å²) in [5.74, 6) is 0. The Balaban J connectivity index is 3.47. The Labute approximate surface area is 58.4 Å². The van der Waals surface area contributed by atoms with Crippen LogP contribution in [0.15, 0.2) is 0 Å². The van der Waals surface area contributed by atoms with Gasteiger partial charge in [-0.15, -0.1) is 0 Å². The van der Waals surface area contributed by atoms with Crippen LogP contribution in [0.3, 0.4) is 0 Å². The van der Waals surface area contributed by atoms with Crippen LogP contribution in [0, 0.1) is 12.5 Å². The smallest absolute Gasteiger partial charge is 0.0704 e. The topological polar surface area (TPSA) is 9.23 Å². The Morgan fingerprint density at radius 1 is 1.44 bits per heavy atom. The highest BCUT2D eigenvalue weighted by atomic mass is 16.5. The lowest BCUT2D eigenvalue weighted by Gasteiger charge is -2.21. The standard InChI is InChI=1S/C8H17O/c1-7(9-5)6-8(2,3)4/h7H,5-6H2,1-4H3. The third-order valence-electron chi connectivity index (χ3n) is 1.18. The third kappa shape index (κ3) is 5.84. The van der Waals surface area contributed by atoms with E-state index in [1.165, 1.54) is 0 Å². The first-order chi connectivity index (χ1) is 3.95. The maximum absolute atomic E-state index is 4.88. The minimum Gasteiger partial charge on any atom is -0.376 e. The van der Waals surface area contributed by atoms with Gasteiger partial charge in [0.05, 0.1) is 13.2 Å². The molecule has 0 aromatic heterocycles. The molecule has 0 aliphatic rings. The fourth-order valence-corrected chi connectivity index (χ4v) is 0.921. The fourth-order valence-electron chi connectivity index (χ4n) is 0.921. The van der Waals surface area contributed by atoms with Gasteiger partial charge < -0.3 is 4.74 Å². The van der Waals surface area contributed by atoms with Gasteiger partial charge in [0.25, 0.3) is 0 Å². The Hall–Kier alpha value is -0.0400. The van der Waals surface area contributed by atoms with Gasteiger partial charge in [-0.25, -0.2) is 0 Å². The van der Waals surface area contributed by atoms with Gasteiger partial charge in [0.2, 0.25) is 0 Å². The summed E-state index contributed by atoms with van der Waals surface area (Å²) in [5.41, 5.74) is 0.358. The predicted molar refractivity (Wildman–Crippen MR) is 40.0 cm³/mol.